The molecular weight excluding hydrogens is 320 g/mol. The number of nitrogens with one attached hydrogen (secondary N) is 1. The van der Waals surface area contributed by atoms with Gasteiger partial charge in [-0.25, -0.2) is 4.98 Å². The van der Waals surface area contributed by atoms with E-state index in [1.54, 1.807) is 43.3 Å². The topological polar surface area (TPSA) is 81.3 Å². The Morgan fingerprint density at radius 2 is 1.92 bits per heavy atom. The molecule has 0 spiro atoms. The van der Waals surface area contributed by atoms with Crippen LogP contribution in [0.2, 0.25) is 0 Å². The Morgan fingerprint density at radius 1 is 1.12 bits per heavy atom. The number of hydrogen-bond acceptors (Lipinski definition) is 5. The third-order valence-corrected chi connectivity index (χ3v) is 3.64. The van der Waals surface area contributed by atoms with Crippen molar-refractivity contribution in [2.45, 2.75) is 20.3 Å². The van der Waals surface area contributed by atoms with E-state index in [9.17, 15) is 9.59 Å². The third kappa shape index (κ3) is 3.52. The first kappa shape index (κ1) is 16.7. The van der Waals surface area contributed by atoms with Crippen molar-refractivity contribution in [1.82, 2.24) is 9.97 Å². The van der Waals surface area contributed by atoms with Gasteiger partial charge in [0.15, 0.2) is 11.5 Å². The average molecular weight is 338 g/mol. The minimum atomic E-state index is -0.342. The normalized spacial score (nSPS) is 10.6. The summed E-state index contributed by atoms with van der Waals surface area (Å²) in [6.07, 6.45) is 0.271. The summed E-state index contributed by atoms with van der Waals surface area (Å²) in [6, 6.07) is 12.2. The summed E-state index contributed by atoms with van der Waals surface area (Å²) >= 11 is 0. The van der Waals surface area contributed by atoms with Crippen LogP contribution in [-0.4, -0.2) is 22.5 Å². The molecule has 0 radical (unpaired) electrons. The maximum atomic E-state index is 12.2. The number of H-pyrrole nitrogens is 1. The molecule has 0 aliphatic heterocycles. The second-order valence-electron chi connectivity index (χ2n) is 5.35. The van der Waals surface area contributed by atoms with Gasteiger partial charge in [0.2, 0.25) is 0 Å². The molecule has 0 saturated heterocycles. The van der Waals surface area contributed by atoms with E-state index in [1.807, 2.05) is 13.0 Å². The highest BCUT2D eigenvalue weighted by Crippen LogP contribution is 2.32. The summed E-state index contributed by atoms with van der Waals surface area (Å²) in [6.45, 7) is 3.98. The zero-order valence-corrected chi connectivity index (χ0v) is 14.0. The van der Waals surface area contributed by atoms with Gasteiger partial charge in [-0.05, 0) is 37.3 Å². The van der Waals surface area contributed by atoms with Crippen LogP contribution in [0.15, 0.2) is 47.3 Å². The Bertz CT molecular complexity index is 979. The first-order valence-corrected chi connectivity index (χ1v) is 8.09. The van der Waals surface area contributed by atoms with E-state index in [2.05, 4.69) is 9.97 Å². The third-order valence-electron chi connectivity index (χ3n) is 3.64. The molecule has 0 bridgehead atoms. The molecule has 0 aliphatic carbocycles. The quantitative estimate of drug-likeness (QED) is 0.570. The van der Waals surface area contributed by atoms with Gasteiger partial charge in [0.1, 0.15) is 5.82 Å². The lowest BCUT2D eigenvalue weighted by Crippen LogP contribution is -2.10. The Labute approximate surface area is 144 Å². The van der Waals surface area contributed by atoms with Crippen molar-refractivity contribution in [2.75, 3.05) is 6.61 Å². The smallest absolute Gasteiger partial charge is 0.311 e. The van der Waals surface area contributed by atoms with E-state index < -0.39 is 0 Å². The van der Waals surface area contributed by atoms with Crippen LogP contribution < -0.4 is 15.0 Å². The SMILES string of the molecule is CCOc1cc(-c2nc3ccccc3c(=O)[nH]2)ccc1OC(=O)CC. The monoisotopic (exact) mass is 338 g/mol. The van der Waals surface area contributed by atoms with Crippen molar-refractivity contribution in [3.63, 3.8) is 0 Å². The summed E-state index contributed by atoms with van der Waals surface area (Å²) in [5.41, 5.74) is 1.07. The zero-order chi connectivity index (χ0) is 17.8. The number of ether oxygens (including phenoxy) is 2. The van der Waals surface area contributed by atoms with Gasteiger partial charge in [0.05, 0.1) is 17.5 Å². The molecule has 0 saturated carbocycles. The number of nitrogens with zero attached hydrogens (tertiary/aromatic N) is 1. The molecule has 0 amide bonds. The van der Waals surface area contributed by atoms with Crippen molar-refractivity contribution in [2.24, 2.45) is 0 Å². The number of rotatable bonds is 5. The van der Waals surface area contributed by atoms with Gasteiger partial charge in [0.25, 0.3) is 5.56 Å². The zero-order valence-electron chi connectivity index (χ0n) is 14.0. The van der Waals surface area contributed by atoms with Gasteiger partial charge in [-0.3, -0.25) is 9.59 Å². The van der Waals surface area contributed by atoms with Crippen LogP contribution in [0.25, 0.3) is 22.3 Å². The fourth-order valence-electron chi connectivity index (χ4n) is 2.43. The van der Waals surface area contributed by atoms with Gasteiger partial charge < -0.3 is 14.5 Å². The van der Waals surface area contributed by atoms with Crippen LogP contribution in [-0.2, 0) is 4.79 Å². The summed E-state index contributed by atoms with van der Waals surface area (Å²) in [7, 11) is 0. The van der Waals surface area contributed by atoms with Gasteiger partial charge >= 0.3 is 5.97 Å². The largest absolute Gasteiger partial charge is 0.490 e. The van der Waals surface area contributed by atoms with Crippen molar-refractivity contribution >= 4 is 16.9 Å². The Kier molecular flexibility index (Phi) is 4.79. The highest BCUT2D eigenvalue weighted by Gasteiger charge is 2.13. The molecule has 0 fully saturated rings. The van der Waals surface area contributed by atoms with Crippen molar-refractivity contribution in [1.29, 1.82) is 0 Å². The molecule has 128 valence electrons. The number of esters is 1. The minimum Gasteiger partial charge on any atom is -0.490 e. The summed E-state index contributed by atoms with van der Waals surface area (Å²) in [4.78, 5) is 31.1. The van der Waals surface area contributed by atoms with Gasteiger partial charge in [-0.2, -0.15) is 0 Å². The predicted octanol–water partition coefficient (Wildman–Crippen LogP) is 3.30. The fraction of sp³-hybridized carbons (Fsp3) is 0.211. The molecule has 1 aromatic heterocycles. The van der Waals surface area contributed by atoms with E-state index in [1.165, 1.54) is 0 Å². The number of aromatic amines is 1. The molecule has 0 aliphatic rings. The van der Waals surface area contributed by atoms with E-state index in [4.69, 9.17) is 9.47 Å². The first-order valence-electron chi connectivity index (χ1n) is 8.09. The molecule has 1 N–H and O–H groups in total. The number of benzene rings is 2. The standard InChI is InChI=1S/C19H18N2O4/c1-3-17(22)25-15-10-9-12(11-16(15)24-4-2)18-20-14-8-6-5-7-13(14)19(23)21-18/h5-11H,3-4H2,1-2H3,(H,20,21,23). The van der Waals surface area contributed by atoms with E-state index in [0.717, 1.165) is 0 Å². The highest BCUT2D eigenvalue weighted by atomic mass is 16.6. The summed E-state index contributed by atoms with van der Waals surface area (Å²) in [5, 5.41) is 0.532. The highest BCUT2D eigenvalue weighted by molar-refractivity contribution is 5.79. The fourth-order valence-corrected chi connectivity index (χ4v) is 2.43. The molecule has 6 heteroatoms. The number of hydrogen-bond donors (Lipinski definition) is 1. The molecule has 1 heterocycles. The lowest BCUT2D eigenvalue weighted by molar-refractivity contribution is -0.134. The Morgan fingerprint density at radius 3 is 2.68 bits per heavy atom. The number of para-hydroxylation sites is 1. The number of carbonyl (C=O) groups excluding carboxylic acids is 1. The van der Waals surface area contributed by atoms with Crippen LogP contribution in [0.5, 0.6) is 11.5 Å². The molecule has 0 unspecified atom stereocenters. The van der Waals surface area contributed by atoms with E-state index in [-0.39, 0.29) is 17.9 Å². The summed E-state index contributed by atoms with van der Waals surface area (Å²) < 4.78 is 10.8. The van der Waals surface area contributed by atoms with Crippen LogP contribution in [0, 0.1) is 0 Å². The van der Waals surface area contributed by atoms with Crippen LogP contribution in [0.4, 0.5) is 0 Å². The second-order valence-corrected chi connectivity index (χ2v) is 5.35. The van der Waals surface area contributed by atoms with Crippen molar-refractivity contribution in [3.8, 4) is 22.9 Å². The lowest BCUT2D eigenvalue weighted by Gasteiger charge is -2.12. The van der Waals surface area contributed by atoms with Gasteiger partial charge in [-0.15, -0.1) is 0 Å². The van der Waals surface area contributed by atoms with E-state index in [0.29, 0.717) is 40.4 Å². The molecular formula is C19H18N2O4. The molecule has 2 aromatic carbocycles. The number of fused-ring (bicyclic) bond motifs is 1. The van der Waals surface area contributed by atoms with E-state index >= 15 is 0 Å². The Hall–Kier alpha value is -3.15. The van der Waals surface area contributed by atoms with Crippen LogP contribution in [0.1, 0.15) is 20.3 Å². The van der Waals surface area contributed by atoms with Crippen molar-refractivity contribution in [3.05, 3.63) is 52.8 Å². The molecule has 3 rings (SSSR count). The molecule has 3 aromatic rings. The maximum absolute atomic E-state index is 12.2. The predicted molar refractivity (Wildman–Crippen MR) is 94.9 cm³/mol. The summed E-state index contributed by atoms with van der Waals surface area (Å²) in [5.74, 6) is 0.863. The molecule has 0 atom stereocenters. The second kappa shape index (κ2) is 7.17. The van der Waals surface area contributed by atoms with Gasteiger partial charge in [-0.1, -0.05) is 19.1 Å². The van der Waals surface area contributed by atoms with Crippen molar-refractivity contribution < 1.29 is 14.3 Å². The number of aromatic nitrogens is 2. The maximum Gasteiger partial charge on any atom is 0.311 e. The lowest BCUT2D eigenvalue weighted by atomic mass is 10.1. The minimum absolute atomic E-state index is 0.208. The van der Waals surface area contributed by atoms with Crippen LogP contribution in [0.3, 0.4) is 0 Å². The molecule has 6 nitrogen and oxygen atoms in total. The Balaban J connectivity index is 2.06. The average Bonchev–Trinajstić information content (AvgIpc) is 2.63. The first-order chi connectivity index (χ1) is 12.1. The number of carbonyl (C=O) groups is 1. The molecule has 25 heavy (non-hydrogen) atoms. The van der Waals surface area contributed by atoms with Crippen LogP contribution >= 0.6 is 0 Å². The van der Waals surface area contributed by atoms with Gasteiger partial charge in [0, 0.05) is 12.0 Å².